The quantitative estimate of drug-likeness (QED) is 0.228. The lowest BCUT2D eigenvalue weighted by Gasteiger charge is -2.56. The molecule has 4 bridgehead atoms. The van der Waals surface area contributed by atoms with Crippen LogP contribution in [0.4, 0.5) is 10.5 Å². The van der Waals surface area contributed by atoms with Crippen LogP contribution in [0.2, 0.25) is 0 Å². The van der Waals surface area contributed by atoms with E-state index in [1.165, 1.54) is 50.7 Å². The van der Waals surface area contributed by atoms with E-state index in [1.54, 1.807) is 12.1 Å². The van der Waals surface area contributed by atoms with E-state index < -0.39 is 6.10 Å². The predicted molar refractivity (Wildman–Crippen MR) is 152 cm³/mol. The summed E-state index contributed by atoms with van der Waals surface area (Å²) < 4.78 is 0. The zero-order valence-electron chi connectivity index (χ0n) is 22.2. The number of phenols is 1. The Labute approximate surface area is 228 Å². The molecule has 0 spiro atoms. The van der Waals surface area contributed by atoms with Gasteiger partial charge < -0.3 is 31.1 Å². The summed E-state index contributed by atoms with van der Waals surface area (Å²) in [6.07, 6.45) is 7.98. The van der Waals surface area contributed by atoms with Crippen molar-refractivity contribution >= 4 is 22.6 Å². The van der Waals surface area contributed by atoms with Gasteiger partial charge in [-0.1, -0.05) is 18.2 Å². The van der Waals surface area contributed by atoms with Gasteiger partial charge in [-0.05, 0) is 110 Å². The number of nitrogens with one attached hydrogen (secondary N) is 4. The highest BCUT2D eigenvalue weighted by Crippen LogP contribution is 2.59. The molecule has 4 fully saturated rings. The first-order chi connectivity index (χ1) is 18.9. The Kier molecular flexibility index (Phi) is 7.08. The standard InChI is InChI=1S/C31H38N4O4/c36-26-6-4-24(25-5-7-28(38)35-29(25)26)27(37)17-32-9-8-19-2-1-3-23(13-19)34-30(39)33-18-31-14-20-10-21(15-31)12-22(11-20)16-31/h1-7,13,20-22,27,32,36-37H,8-12,14-18H2,(H,35,38)(H2,33,34,39)/t20?,21?,22?,27-,31?/m0/s1. The molecule has 8 heteroatoms. The average Bonchev–Trinajstić information content (AvgIpc) is 2.90. The van der Waals surface area contributed by atoms with Gasteiger partial charge in [0.25, 0.3) is 0 Å². The molecule has 0 aliphatic heterocycles. The van der Waals surface area contributed by atoms with E-state index in [2.05, 4.69) is 20.9 Å². The van der Waals surface area contributed by atoms with Gasteiger partial charge in [-0.3, -0.25) is 4.79 Å². The van der Waals surface area contributed by atoms with E-state index in [-0.39, 0.29) is 17.3 Å². The molecular weight excluding hydrogens is 492 g/mol. The lowest BCUT2D eigenvalue weighted by Crippen LogP contribution is -2.51. The number of aromatic nitrogens is 1. The lowest BCUT2D eigenvalue weighted by molar-refractivity contribution is -0.0496. The molecule has 4 aliphatic rings. The Morgan fingerprint density at radius 1 is 1.03 bits per heavy atom. The maximum atomic E-state index is 12.7. The van der Waals surface area contributed by atoms with Gasteiger partial charge >= 0.3 is 6.03 Å². The number of H-pyrrole nitrogens is 1. The van der Waals surface area contributed by atoms with Crippen LogP contribution in [0.3, 0.4) is 0 Å². The minimum absolute atomic E-state index is 0.0264. The molecule has 4 saturated carbocycles. The average molecular weight is 531 g/mol. The fourth-order valence-corrected chi connectivity index (χ4v) is 7.89. The van der Waals surface area contributed by atoms with Crippen molar-refractivity contribution in [1.82, 2.24) is 15.6 Å². The number of carbonyl (C=O) groups excluding carboxylic acids is 1. The van der Waals surface area contributed by atoms with Crippen molar-refractivity contribution in [3.63, 3.8) is 0 Å². The number of benzene rings is 2. The number of aliphatic hydroxyl groups excluding tert-OH is 1. The number of anilines is 1. The van der Waals surface area contributed by atoms with Gasteiger partial charge in [-0.15, -0.1) is 0 Å². The van der Waals surface area contributed by atoms with Gasteiger partial charge in [0.15, 0.2) is 0 Å². The summed E-state index contributed by atoms with van der Waals surface area (Å²) >= 11 is 0. The Bertz CT molecular complexity index is 1380. The summed E-state index contributed by atoms with van der Waals surface area (Å²) in [4.78, 5) is 27.0. The lowest BCUT2D eigenvalue weighted by atomic mass is 9.49. The van der Waals surface area contributed by atoms with E-state index in [1.807, 2.05) is 24.3 Å². The number of pyridine rings is 1. The van der Waals surface area contributed by atoms with Crippen LogP contribution in [0.15, 0.2) is 53.3 Å². The molecule has 8 nitrogen and oxygen atoms in total. The van der Waals surface area contributed by atoms with Crippen LogP contribution in [0, 0.1) is 23.2 Å². The maximum Gasteiger partial charge on any atom is 0.319 e. The fourth-order valence-electron chi connectivity index (χ4n) is 7.89. The molecule has 39 heavy (non-hydrogen) atoms. The highest BCUT2D eigenvalue weighted by molar-refractivity contribution is 5.89. The van der Waals surface area contributed by atoms with Gasteiger partial charge in [0.05, 0.1) is 11.6 Å². The van der Waals surface area contributed by atoms with Crippen LogP contribution >= 0.6 is 0 Å². The van der Waals surface area contributed by atoms with Crippen LogP contribution in [-0.4, -0.2) is 40.9 Å². The Morgan fingerprint density at radius 3 is 2.51 bits per heavy atom. The fraction of sp³-hybridized carbons (Fsp3) is 0.484. The minimum atomic E-state index is -0.801. The summed E-state index contributed by atoms with van der Waals surface area (Å²) in [6.45, 7) is 1.75. The van der Waals surface area contributed by atoms with Gasteiger partial charge in [-0.25, -0.2) is 4.79 Å². The molecule has 6 N–H and O–H groups in total. The number of rotatable bonds is 9. The zero-order chi connectivity index (χ0) is 27.0. The molecular formula is C31H38N4O4. The SMILES string of the molecule is O=C(NCC12CC3CC(CC(C3)C1)C2)Nc1cccc(CCNC[C@H](O)c2ccc(O)c3[nH]c(=O)ccc23)c1. The van der Waals surface area contributed by atoms with Gasteiger partial charge in [0, 0.05) is 30.2 Å². The van der Waals surface area contributed by atoms with Gasteiger partial charge in [0.2, 0.25) is 5.56 Å². The summed E-state index contributed by atoms with van der Waals surface area (Å²) in [5.41, 5.74) is 2.83. The van der Waals surface area contributed by atoms with Crippen LogP contribution in [-0.2, 0) is 6.42 Å². The number of aliphatic hydroxyl groups is 1. The van der Waals surface area contributed by atoms with Crippen molar-refractivity contribution in [2.24, 2.45) is 23.2 Å². The number of hydrogen-bond donors (Lipinski definition) is 6. The van der Waals surface area contributed by atoms with E-state index in [9.17, 15) is 19.8 Å². The number of amides is 2. The molecule has 1 aromatic heterocycles. The van der Waals surface area contributed by atoms with Crippen LogP contribution in [0.25, 0.3) is 10.9 Å². The number of aromatic amines is 1. The second-order valence-corrected chi connectivity index (χ2v) is 12.2. The Morgan fingerprint density at radius 2 is 1.77 bits per heavy atom. The predicted octanol–water partition coefficient (Wildman–Crippen LogP) is 4.44. The van der Waals surface area contributed by atoms with Crippen LogP contribution in [0.5, 0.6) is 5.75 Å². The van der Waals surface area contributed by atoms with Crippen molar-refractivity contribution < 1.29 is 15.0 Å². The first-order valence-electron chi connectivity index (χ1n) is 14.2. The molecule has 0 unspecified atom stereocenters. The number of aromatic hydroxyl groups is 1. The molecule has 7 rings (SSSR count). The van der Waals surface area contributed by atoms with Crippen molar-refractivity contribution in [3.8, 4) is 5.75 Å². The molecule has 2 aromatic carbocycles. The van der Waals surface area contributed by atoms with E-state index in [0.29, 0.717) is 35.0 Å². The summed E-state index contributed by atoms with van der Waals surface area (Å²) in [6, 6.07) is 13.9. The maximum absolute atomic E-state index is 12.7. The molecule has 0 saturated heterocycles. The molecule has 1 heterocycles. The number of phenolic OH excluding ortho intramolecular Hbond substituents is 1. The zero-order valence-corrected chi connectivity index (χ0v) is 22.2. The second-order valence-electron chi connectivity index (χ2n) is 12.2. The van der Waals surface area contributed by atoms with Crippen molar-refractivity contribution in [2.45, 2.75) is 51.0 Å². The normalized spacial score (nSPS) is 26.0. The third-order valence-corrected chi connectivity index (χ3v) is 9.17. The topological polar surface area (TPSA) is 126 Å². The second kappa shape index (κ2) is 10.7. The van der Waals surface area contributed by atoms with Crippen LogP contribution in [0.1, 0.15) is 55.8 Å². The molecule has 4 aliphatic carbocycles. The summed E-state index contributed by atoms with van der Waals surface area (Å²) in [7, 11) is 0. The first kappa shape index (κ1) is 25.9. The number of carbonyl (C=O) groups is 1. The number of urea groups is 1. The number of hydrogen-bond acceptors (Lipinski definition) is 5. The smallest absolute Gasteiger partial charge is 0.319 e. The Balaban J connectivity index is 0.977. The largest absolute Gasteiger partial charge is 0.506 e. The summed E-state index contributed by atoms with van der Waals surface area (Å²) in [5.74, 6) is 2.59. The van der Waals surface area contributed by atoms with Crippen LogP contribution < -0.4 is 21.5 Å². The highest BCUT2D eigenvalue weighted by Gasteiger charge is 2.50. The molecule has 0 radical (unpaired) electrons. The van der Waals surface area contributed by atoms with E-state index in [4.69, 9.17) is 0 Å². The monoisotopic (exact) mass is 530 g/mol. The van der Waals surface area contributed by atoms with Gasteiger partial charge in [-0.2, -0.15) is 0 Å². The molecule has 2 amide bonds. The van der Waals surface area contributed by atoms with Crippen molar-refractivity contribution in [1.29, 1.82) is 0 Å². The highest BCUT2D eigenvalue weighted by atomic mass is 16.3. The minimum Gasteiger partial charge on any atom is -0.506 e. The third kappa shape index (κ3) is 5.68. The summed E-state index contributed by atoms with van der Waals surface area (Å²) in [5, 5.41) is 30.9. The van der Waals surface area contributed by atoms with Gasteiger partial charge in [0.1, 0.15) is 5.75 Å². The molecule has 206 valence electrons. The van der Waals surface area contributed by atoms with Crippen molar-refractivity contribution in [3.05, 3.63) is 70.0 Å². The van der Waals surface area contributed by atoms with E-state index >= 15 is 0 Å². The Hall–Kier alpha value is -3.36. The first-order valence-corrected chi connectivity index (χ1v) is 14.2. The molecule has 1 atom stereocenters. The third-order valence-electron chi connectivity index (χ3n) is 9.17. The van der Waals surface area contributed by atoms with E-state index in [0.717, 1.165) is 42.0 Å². The number of fused-ring (bicyclic) bond motifs is 1. The molecule has 3 aromatic rings. The van der Waals surface area contributed by atoms with Crippen molar-refractivity contribution in [2.75, 3.05) is 25.0 Å².